The van der Waals surface area contributed by atoms with Crippen molar-refractivity contribution in [3.05, 3.63) is 40.4 Å². The van der Waals surface area contributed by atoms with Crippen molar-refractivity contribution in [3.8, 4) is 0 Å². The minimum absolute atomic E-state index is 0.375. The van der Waals surface area contributed by atoms with Crippen LogP contribution in [0.5, 0.6) is 0 Å². The molecule has 1 amide bonds. The fraction of sp³-hybridized carbons (Fsp3) is 0.167. The summed E-state index contributed by atoms with van der Waals surface area (Å²) in [6.07, 6.45) is 1.72. The van der Waals surface area contributed by atoms with Gasteiger partial charge < -0.3 is 4.90 Å². The van der Waals surface area contributed by atoms with Crippen molar-refractivity contribution in [2.45, 2.75) is 0 Å². The summed E-state index contributed by atoms with van der Waals surface area (Å²) in [5.74, 6) is -0.863. The first-order valence-corrected chi connectivity index (χ1v) is 5.21. The fourth-order valence-corrected chi connectivity index (χ4v) is 1.71. The van der Waals surface area contributed by atoms with Crippen LogP contribution < -0.4 is 0 Å². The molecule has 1 heterocycles. The van der Waals surface area contributed by atoms with E-state index in [0.717, 1.165) is 5.56 Å². The van der Waals surface area contributed by atoms with Crippen molar-refractivity contribution in [2.24, 2.45) is 0 Å². The van der Waals surface area contributed by atoms with E-state index >= 15 is 0 Å². The Balaban J connectivity index is 2.29. The van der Waals surface area contributed by atoms with Crippen LogP contribution >= 0.6 is 11.6 Å². The Bertz CT molecular complexity index is 476. The Morgan fingerprint density at radius 3 is 2.38 bits per heavy atom. The first-order chi connectivity index (χ1) is 7.58. The zero-order valence-corrected chi connectivity index (χ0v) is 9.49. The van der Waals surface area contributed by atoms with E-state index in [1.165, 1.54) is 4.90 Å². The van der Waals surface area contributed by atoms with Crippen LogP contribution in [0.2, 0.25) is 5.02 Å². The molecule has 1 aliphatic rings. The Labute approximate surface area is 98.3 Å². The summed E-state index contributed by atoms with van der Waals surface area (Å²) in [5, 5.41) is 0.646. The zero-order chi connectivity index (χ0) is 11.7. The standard InChI is InChI=1S/C12H10ClNO2/c1-14-7-9(11(15)12(14)16)6-8-2-4-10(13)5-3-8/h2-6H,7H2,1H3/b9-6-. The summed E-state index contributed by atoms with van der Waals surface area (Å²) in [7, 11) is 1.61. The van der Waals surface area contributed by atoms with Gasteiger partial charge in [-0.05, 0) is 23.8 Å². The van der Waals surface area contributed by atoms with E-state index in [9.17, 15) is 9.59 Å². The van der Waals surface area contributed by atoms with E-state index in [-0.39, 0.29) is 0 Å². The molecule has 1 aliphatic heterocycles. The van der Waals surface area contributed by atoms with Gasteiger partial charge in [0.1, 0.15) is 0 Å². The van der Waals surface area contributed by atoms with Gasteiger partial charge in [-0.3, -0.25) is 9.59 Å². The third kappa shape index (κ3) is 1.99. The van der Waals surface area contributed by atoms with Crippen LogP contribution in [0.25, 0.3) is 6.08 Å². The number of halogens is 1. The van der Waals surface area contributed by atoms with Crippen LogP contribution in [-0.4, -0.2) is 30.2 Å². The van der Waals surface area contributed by atoms with E-state index in [1.54, 1.807) is 25.3 Å². The highest BCUT2D eigenvalue weighted by Gasteiger charge is 2.31. The van der Waals surface area contributed by atoms with Gasteiger partial charge >= 0.3 is 0 Å². The van der Waals surface area contributed by atoms with E-state index in [2.05, 4.69) is 0 Å². The largest absolute Gasteiger partial charge is 0.334 e. The monoisotopic (exact) mass is 235 g/mol. The Morgan fingerprint density at radius 2 is 1.88 bits per heavy atom. The van der Waals surface area contributed by atoms with Gasteiger partial charge in [0, 0.05) is 24.2 Å². The summed E-state index contributed by atoms with van der Waals surface area (Å²) >= 11 is 5.75. The quantitative estimate of drug-likeness (QED) is 0.550. The molecule has 0 aromatic heterocycles. The molecule has 0 N–H and O–H groups in total. The molecule has 0 radical (unpaired) electrons. The van der Waals surface area contributed by atoms with Gasteiger partial charge in [0.15, 0.2) is 0 Å². The molecule has 3 nitrogen and oxygen atoms in total. The summed E-state index contributed by atoms with van der Waals surface area (Å²) in [6.45, 7) is 0.375. The molecule has 1 saturated heterocycles. The molecule has 82 valence electrons. The highest BCUT2D eigenvalue weighted by atomic mass is 35.5. The fourth-order valence-electron chi connectivity index (χ4n) is 1.58. The van der Waals surface area contributed by atoms with Crippen molar-refractivity contribution in [2.75, 3.05) is 13.6 Å². The molecule has 0 atom stereocenters. The molecule has 0 saturated carbocycles. The number of amides is 1. The predicted octanol–water partition coefficient (Wildman–Crippen LogP) is 1.76. The number of nitrogens with zero attached hydrogens (tertiary/aromatic N) is 1. The molecule has 1 fully saturated rings. The molecule has 0 unspecified atom stereocenters. The average molecular weight is 236 g/mol. The van der Waals surface area contributed by atoms with Crippen LogP contribution in [0.1, 0.15) is 5.56 Å². The lowest BCUT2D eigenvalue weighted by Gasteiger charge is -2.02. The molecular formula is C12H10ClNO2. The Kier molecular flexibility index (Phi) is 2.79. The first kappa shape index (κ1) is 10.9. The number of likely N-dealkylation sites (N-methyl/N-ethyl adjacent to an activating group) is 1. The van der Waals surface area contributed by atoms with Crippen molar-refractivity contribution in [1.82, 2.24) is 4.90 Å². The number of carbonyl (C=O) groups excluding carboxylic acids is 2. The number of Topliss-reactive ketones (excluding diaryl/α,β-unsaturated/α-hetero) is 1. The third-order valence-corrected chi connectivity index (χ3v) is 2.70. The molecule has 0 aliphatic carbocycles. The van der Waals surface area contributed by atoms with Gasteiger partial charge in [-0.25, -0.2) is 0 Å². The molecule has 0 spiro atoms. The van der Waals surface area contributed by atoms with Crippen molar-refractivity contribution >= 4 is 29.4 Å². The lowest BCUT2D eigenvalue weighted by Crippen LogP contribution is -2.22. The maximum Gasteiger partial charge on any atom is 0.294 e. The minimum atomic E-state index is -0.444. The summed E-state index contributed by atoms with van der Waals surface area (Å²) < 4.78 is 0. The number of hydrogen-bond acceptors (Lipinski definition) is 2. The van der Waals surface area contributed by atoms with Gasteiger partial charge in [0.05, 0.1) is 0 Å². The van der Waals surface area contributed by atoms with Gasteiger partial charge in [-0.1, -0.05) is 23.7 Å². The second kappa shape index (κ2) is 4.10. The van der Waals surface area contributed by atoms with Gasteiger partial charge in [0.2, 0.25) is 5.78 Å². The molecule has 16 heavy (non-hydrogen) atoms. The van der Waals surface area contributed by atoms with Crippen molar-refractivity contribution in [1.29, 1.82) is 0 Å². The maximum atomic E-state index is 11.5. The highest BCUT2D eigenvalue weighted by Crippen LogP contribution is 2.17. The number of ketones is 1. The van der Waals surface area contributed by atoms with Crippen LogP contribution in [0.15, 0.2) is 29.8 Å². The predicted molar refractivity (Wildman–Crippen MR) is 62.1 cm³/mol. The molecule has 2 rings (SSSR count). The highest BCUT2D eigenvalue weighted by molar-refractivity contribution is 6.45. The van der Waals surface area contributed by atoms with Gasteiger partial charge in [-0.15, -0.1) is 0 Å². The Hall–Kier alpha value is -1.61. The average Bonchev–Trinajstić information content (AvgIpc) is 2.50. The molecular weight excluding hydrogens is 226 g/mol. The lowest BCUT2D eigenvalue weighted by atomic mass is 10.1. The van der Waals surface area contributed by atoms with Crippen LogP contribution in [0.3, 0.4) is 0 Å². The van der Waals surface area contributed by atoms with E-state index in [4.69, 9.17) is 11.6 Å². The summed E-state index contributed by atoms with van der Waals surface area (Å²) in [6, 6.07) is 7.12. The SMILES string of the molecule is CN1C/C(=C/c2ccc(Cl)cc2)C(=O)C1=O. The number of rotatable bonds is 1. The normalized spacial score (nSPS) is 18.6. The van der Waals surface area contributed by atoms with Crippen LogP contribution in [0, 0.1) is 0 Å². The smallest absolute Gasteiger partial charge is 0.294 e. The van der Waals surface area contributed by atoms with E-state index < -0.39 is 11.7 Å². The van der Waals surface area contributed by atoms with E-state index in [0.29, 0.717) is 17.1 Å². The van der Waals surface area contributed by atoms with E-state index in [1.807, 2.05) is 12.1 Å². The second-order valence-corrected chi connectivity index (χ2v) is 4.15. The topological polar surface area (TPSA) is 37.4 Å². The van der Waals surface area contributed by atoms with Gasteiger partial charge in [0.25, 0.3) is 5.91 Å². The molecule has 4 heteroatoms. The second-order valence-electron chi connectivity index (χ2n) is 3.71. The lowest BCUT2D eigenvalue weighted by molar-refractivity contribution is -0.138. The number of likely N-dealkylation sites (tertiary alicyclic amines) is 1. The van der Waals surface area contributed by atoms with Crippen molar-refractivity contribution in [3.63, 3.8) is 0 Å². The van der Waals surface area contributed by atoms with Crippen LogP contribution in [-0.2, 0) is 9.59 Å². The summed E-state index contributed by atoms with van der Waals surface area (Å²) in [5.41, 5.74) is 1.39. The summed E-state index contributed by atoms with van der Waals surface area (Å²) in [4.78, 5) is 24.2. The number of hydrogen-bond donors (Lipinski definition) is 0. The number of benzene rings is 1. The molecule has 1 aromatic rings. The van der Waals surface area contributed by atoms with Crippen LogP contribution in [0.4, 0.5) is 0 Å². The zero-order valence-electron chi connectivity index (χ0n) is 8.74. The molecule has 1 aromatic carbocycles. The first-order valence-electron chi connectivity index (χ1n) is 4.84. The Morgan fingerprint density at radius 1 is 1.25 bits per heavy atom. The molecule has 0 bridgehead atoms. The third-order valence-electron chi connectivity index (χ3n) is 2.45. The maximum absolute atomic E-state index is 11.5. The minimum Gasteiger partial charge on any atom is -0.334 e. The number of carbonyl (C=O) groups is 2. The van der Waals surface area contributed by atoms with Crippen molar-refractivity contribution < 1.29 is 9.59 Å². The van der Waals surface area contributed by atoms with Gasteiger partial charge in [-0.2, -0.15) is 0 Å².